The fourth-order valence-corrected chi connectivity index (χ4v) is 2.23. The first-order valence-electron chi connectivity index (χ1n) is 6.31. The molecule has 1 fully saturated rings. The van der Waals surface area contributed by atoms with Crippen LogP contribution in [-0.4, -0.2) is 63.8 Å². The quantitative estimate of drug-likeness (QED) is 0.829. The molecule has 118 valence electrons. The second kappa shape index (κ2) is 5.98. The van der Waals surface area contributed by atoms with Crippen molar-refractivity contribution in [2.24, 2.45) is 0 Å². The molecule has 1 amide bonds. The van der Waals surface area contributed by atoms with Gasteiger partial charge in [0.15, 0.2) is 0 Å². The third-order valence-electron chi connectivity index (χ3n) is 3.21. The van der Waals surface area contributed by atoms with Crippen LogP contribution in [0.4, 0.5) is 13.2 Å². The maximum Gasteiger partial charge on any atom is 0.411 e. The molecule has 1 aliphatic heterocycles. The Labute approximate surface area is 118 Å². The molecule has 1 saturated heterocycles. The van der Waals surface area contributed by atoms with Gasteiger partial charge in [0.25, 0.3) is 0 Å². The standard InChI is InChI=1S/C11H15F3N4O3/c12-11(13,14)7-21-5-9(19)18-3-1-2-10(20,6-18)8-4-15-17-16-8/h4,20H,1-3,5-7H2,(H,15,16,17)/t10-/m1/s1. The largest absolute Gasteiger partial charge is 0.411 e. The number of β-amino-alcohol motifs (C(OH)–C–C–N with tert-alkyl or cyclic N) is 1. The van der Waals surface area contributed by atoms with E-state index in [0.717, 1.165) is 0 Å². The first-order chi connectivity index (χ1) is 9.80. The van der Waals surface area contributed by atoms with E-state index >= 15 is 0 Å². The number of carbonyl (C=O) groups excluding carboxylic acids is 1. The summed E-state index contributed by atoms with van der Waals surface area (Å²) in [6.45, 7) is -1.84. The van der Waals surface area contributed by atoms with Crippen LogP contribution >= 0.6 is 0 Å². The summed E-state index contributed by atoms with van der Waals surface area (Å²) >= 11 is 0. The maximum atomic E-state index is 11.9. The molecule has 10 heteroatoms. The predicted molar refractivity (Wildman–Crippen MR) is 63.0 cm³/mol. The van der Waals surface area contributed by atoms with E-state index in [1.807, 2.05) is 0 Å². The normalized spacial score (nSPS) is 23.3. The Balaban J connectivity index is 1.90. The van der Waals surface area contributed by atoms with Gasteiger partial charge >= 0.3 is 6.18 Å². The lowest BCUT2D eigenvalue weighted by atomic mass is 9.90. The van der Waals surface area contributed by atoms with Gasteiger partial charge in [-0.2, -0.15) is 28.6 Å². The number of hydrogen-bond acceptors (Lipinski definition) is 5. The van der Waals surface area contributed by atoms with Gasteiger partial charge < -0.3 is 14.7 Å². The van der Waals surface area contributed by atoms with Crippen molar-refractivity contribution in [3.63, 3.8) is 0 Å². The van der Waals surface area contributed by atoms with Crippen molar-refractivity contribution >= 4 is 5.91 Å². The molecule has 7 nitrogen and oxygen atoms in total. The molecule has 1 aromatic heterocycles. The van der Waals surface area contributed by atoms with Crippen LogP contribution in [0, 0.1) is 0 Å². The fraction of sp³-hybridized carbons (Fsp3) is 0.727. The minimum absolute atomic E-state index is 0.0479. The van der Waals surface area contributed by atoms with E-state index in [1.165, 1.54) is 11.1 Å². The lowest BCUT2D eigenvalue weighted by molar-refractivity contribution is -0.179. The van der Waals surface area contributed by atoms with Crippen molar-refractivity contribution in [2.75, 3.05) is 26.3 Å². The number of piperidine rings is 1. The third kappa shape index (κ3) is 4.14. The molecule has 0 unspecified atom stereocenters. The summed E-state index contributed by atoms with van der Waals surface area (Å²) in [6, 6.07) is 0. The highest BCUT2D eigenvalue weighted by molar-refractivity contribution is 5.77. The SMILES string of the molecule is O=C(COCC(F)(F)F)N1CCC[C@](O)(c2cn[nH]n2)C1. The highest BCUT2D eigenvalue weighted by Gasteiger charge is 2.39. The monoisotopic (exact) mass is 308 g/mol. The number of aromatic nitrogens is 3. The summed E-state index contributed by atoms with van der Waals surface area (Å²) in [7, 11) is 0. The predicted octanol–water partition coefficient (Wildman–Crippen LogP) is 0.194. The summed E-state index contributed by atoms with van der Waals surface area (Å²) in [6.07, 6.45) is -2.21. The lowest BCUT2D eigenvalue weighted by Crippen LogP contribution is -2.49. The van der Waals surface area contributed by atoms with Gasteiger partial charge in [0.2, 0.25) is 5.91 Å². The summed E-state index contributed by atoms with van der Waals surface area (Å²) in [4.78, 5) is 13.1. The van der Waals surface area contributed by atoms with Gasteiger partial charge in [-0.15, -0.1) is 0 Å². The Morgan fingerprint density at radius 1 is 1.57 bits per heavy atom. The van der Waals surface area contributed by atoms with Crippen LogP contribution in [0.1, 0.15) is 18.5 Å². The number of nitrogens with one attached hydrogen (secondary N) is 1. The molecule has 1 aliphatic rings. The second-order valence-electron chi connectivity index (χ2n) is 4.91. The fourth-order valence-electron chi connectivity index (χ4n) is 2.23. The smallest absolute Gasteiger partial charge is 0.382 e. The summed E-state index contributed by atoms with van der Waals surface area (Å²) in [5.74, 6) is -0.596. The van der Waals surface area contributed by atoms with Crippen LogP contribution in [0.15, 0.2) is 6.20 Å². The van der Waals surface area contributed by atoms with Crippen molar-refractivity contribution < 1.29 is 27.8 Å². The Bertz CT molecular complexity index is 480. The molecule has 1 aromatic rings. The summed E-state index contributed by atoms with van der Waals surface area (Å²) < 4.78 is 40.2. The molecule has 1 atom stereocenters. The van der Waals surface area contributed by atoms with E-state index < -0.39 is 30.9 Å². The molecule has 0 radical (unpaired) electrons. The van der Waals surface area contributed by atoms with Crippen molar-refractivity contribution in [3.8, 4) is 0 Å². The molecule has 0 spiro atoms. The molecular formula is C11H15F3N4O3. The van der Waals surface area contributed by atoms with Gasteiger partial charge in [0.05, 0.1) is 12.7 Å². The van der Waals surface area contributed by atoms with Gasteiger partial charge in [0.1, 0.15) is 24.5 Å². The van der Waals surface area contributed by atoms with E-state index in [2.05, 4.69) is 20.1 Å². The van der Waals surface area contributed by atoms with E-state index in [-0.39, 0.29) is 6.54 Å². The molecule has 2 heterocycles. The van der Waals surface area contributed by atoms with Crippen molar-refractivity contribution in [1.29, 1.82) is 0 Å². The summed E-state index contributed by atoms with van der Waals surface area (Å²) in [5.41, 5.74) is -1.04. The van der Waals surface area contributed by atoms with Crippen LogP contribution in [-0.2, 0) is 15.1 Å². The molecular weight excluding hydrogens is 293 g/mol. The van der Waals surface area contributed by atoms with Crippen LogP contribution < -0.4 is 0 Å². The van der Waals surface area contributed by atoms with Gasteiger partial charge in [0, 0.05) is 6.54 Å². The van der Waals surface area contributed by atoms with Gasteiger partial charge in [-0.05, 0) is 12.8 Å². The van der Waals surface area contributed by atoms with Crippen LogP contribution in [0.3, 0.4) is 0 Å². The topological polar surface area (TPSA) is 91.3 Å². The highest BCUT2D eigenvalue weighted by Crippen LogP contribution is 2.29. The molecule has 21 heavy (non-hydrogen) atoms. The number of aliphatic hydroxyl groups is 1. The van der Waals surface area contributed by atoms with E-state index in [9.17, 15) is 23.1 Å². The number of rotatable bonds is 4. The van der Waals surface area contributed by atoms with Crippen LogP contribution in [0.2, 0.25) is 0 Å². The van der Waals surface area contributed by atoms with E-state index in [4.69, 9.17) is 0 Å². The number of alkyl halides is 3. The zero-order chi connectivity index (χ0) is 15.5. The van der Waals surface area contributed by atoms with E-state index in [0.29, 0.717) is 25.1 Å². The number of nitrogens with zero attached hydrogens (tertiary/aromatic N) is 3. The van der Waals surface area contributed by atoms with Crippen molar-refractivity contribution in [2.45, 2.75) is 24.6 Å². The summed E-state index contributed by atoms with van der Waals surface area (Å²) in [5, 5.41) is 20.2. The number of H-pyrrole nitrogens is 1. The average Bonchev–Trinajstić information content (AvgIpc) is 2.91. The molecule has 0 aliphatic carbocycles. The zero-order valence-corrected chi connectivity index (χ0v) is 11.1. The lowest BCUT2D eigenvalue weighted by Gasteiger charge is -2.37. The van der Waals surface area contributed by atoms with Gasteiger partial charge in [-0.25, -0.2) is 0 Å². The first-order valence-corrected chi connectivity index (χ1v) is 6.31. The third-order valence-corrected chi connectivity index (χ3v) is 3.21. The maximum absolute atomic E-state index is 11.9. The molecule has 2 N–H and O–H groups in total. The zero-order valence-electron chi connectivity index (χ0n) is 11.1. The first kappa shape index (κ1) is 15.7. The van der Waals surface area contributed by atoms with E-state index in [1.54, 1.807) is 0 Å². The minimum atomic E-state index is -4.47. The van der Waals surface area contributed by atoms with Crippen molar-refractivity contribution in [1.82, 2.24) is 20.3 Å². The molecule has 0 bridgehead atoms. The van der Waals surface area contributed by atoms with Crippen LogP contribution in [0.5, 0.6) is 0 Å². The number of likely N-dealkylation sites (tertiary alicyclic amines) is 1. The average molecular weight is 308 g/mol. The second-order valence-corrected chi connectivity index (χ2v) is 4.91. The number of carbonyl (C=O) groups is 1. The number of aromatic amines is 1. The van der Waals surface area contributed by atoms with Crippen LogP contribution in [0.25, 0.3) is 0 Å². The number of ether oxygens (including phenoxy) is 1. The molecule has 2 rings (SSSR count). The molecule has 0 aromatic carbocycles. The molecule has 0 saturated carbocycles. The Kier molecular flexibility index (Phi) is 4.47. The van der Waals surface area contributed by atoms with Gasteiger partial charge in [-0.3, -0.25) is 4.79 Å². The Morgan fingerprint density at radius 3 is 2.95 bits per heavy atom. The number of amides is 1. The Hall–Kier alpha value is -1.68. The van der Waals surface area contributed by atoms with Crippen molar-refractivity contribution in [3.05, 3.63) is 11.9 Å². The minimum Gasteiger partial charge on any atom is -0.382 e. The number of hydrogen-bond donors (Lipinski definition) is 2. The highest BCUT2D eigenvalue weighted by atomic mass is 19.4. The van der Waals surface area contributed by atoms with Gasteiger partial charge in [-0.1, -0.05) is 0 Å². The Morgan fingerprint density at radius 2 is 2.33 bits per heavy atom. The number of halogens is 3.